The second kappa shape index (κ2) is 8.13. The van der Waals surface area contributed by atoms with Gasteiger partial charge in [0.1, 0.15) is 6.10 Å². The number of carbonyl (C=O) groups excluding carboxylic acids is 1. The third kappa shape index (κ3) is 4.25. The summed E-state index contributed by atoms with van der Waals surface area (Å²) < 4.78 is 6.00. The minimum atomic E-state index is -0.00196. The van der Waals surface area contributed by atoms with Crippen molar-refractivity contribution < 1.29 is 9.53 Å². The average molecular weight is 339 g/mol. The topological polar surface area (TPSA) is 41.6 Å². The first-order valence-corrected chi connectivity index (χ1v) is 8.35. The maximum absolute atomic E-state index is 12.7. The third-order valence-corrected chi connectivity index (χ3v) is 4.87. The Balaban J connectivity index is 0.00000192. The van der Waals surface area contributed by atoms with Gasteiger partial charge in [-0.25, -0.2) is 0 Å². The van der Waals surface area contributed by atoms with Crippen molar-refractivity contribution in [1.29, 1.82) is 0 Å². The molecule has 2 heterocycles. The van der Waals surface area contributed by atoms with Gasteiger partial charge in [-0.15, -0.1) is 12.4 Å². The highest BCUT2D eigenvalue weighted by Crippen LogP contribution is 2.28. The Morgan fingerprint density at radius 1 is 1.39 bits per heavy atom. The highest BCUT2D eigenvalue weighted by Gasteiger charge is 2.32. The number of amides is 1. The maximum Gasteiger partial charge on any atom is 0.224 e. The van der Waals surface area contributed by atoms with Gasteiger partial charge in [-0.05, 0) is 44.4 Å². The van der Waals surface area contributed by atoms with Crippen LogP contribution in [-0.2, 0) is 9.53 Å². The van der Waals surface area contributed by atoms with E-state index in [2.05, 4.69) is 31.3 Å². The zero-order valence-electron chi connectivity index (χ0n) is 14.0. The number of benzene rings is 1. The van der Waals surface area contributed by atoms with Crippen LogP contribution >= 0.6 is 12.4 Å². The van der Waals surface area contributed by atoms with Crippen LogP contribution in [0.5, 0.6) is 0 Å². The number of hydrogen-bond acceptors (Lipinski definition) is 3. The summed E-state index contributed by atoms with van der Waals surface area (Å²) in [7, 11) is 0. The van der Waals surface area contributed by atoms with Crippen molar-refractivity contribution >= 4 is 18.3 Å². The van der Waals surface area contributed by atoms with Gasteiger partial charge in [0.05, 0.1) is 19.2 Å². The van der Waals surface area contributed by atoms with Crippen LogP contribution in [0.2, 0.25) is 0 Å². The SMILES string of the molecule is Cc1ccccc1C1CN(C(=O)CC2CCCN2)C(C)CO1.Cl. The fraction of sp³-hybridized carbons (Fsp3) is 0.611. The summed E-state index contributed by atoms with van der Waals surface area (Å²) in [4.78, 5) is 14.7. The normalized spacial score (nSPS) is 27.6. The smallest absolute Gasteiger partial charge is 0.224 e. The highest BCUT2D eigenvalue weighted by molar-refractivity contribution is 5.85. The molecule has 0 spiro atoms. The van der Waals surface area contributed by atoms with Crippen molar-refractivity contribution in [2.24, 2.45) is 0 Å². The number of carbonyl (C=O) groups is 1. The van der Waals surface area contributed by atoms with Crippen LogP contribution in [0.1, 0.15) is 43.4 Å². The Morgan fingerprint density at radius 2 is 2.17 bits per heavy atom. The molecule has 3 rings (SSSR count). The lowest BCUT2D eigenvalue weighted by molar-refractivity contribution is -0.145. The molecule has 0 aromatic heterocycles. The quantitative estimate of drug-likeness (QED) is 0.921. The number of halogens is 1. The average Bonchev–Trinajstić information content (AvgIpc) is 3.01. The predicted octanol–water partition coefficient (Wildman–Crippen LogP) is 2.85. The Bertz CT molecular complexity index is 532. The van der Waals surface area contributed by atoms with E-state index in [0.29, 0.717) is 25.6 Å². The molecule has 4 nitrogen and oxygen atoms in total. The lowest BCUT2D eigenvalue weighted by Gasteiger charge is -2.39. The van der Waals surface area contributed by atoms with Gasteiger partial charge in [-0.1, -0.05) is 24.3 Å². The molecule has 0 radical (unpaired) electrons. The molecule has 2 aliphatic rings. The van der Waals surface area contributed by atoms with Crippen molar-refractivity contribution in [1.82, 2.24) is 10.2 Å². The van der Waals surface area contributed by atoms with Crippen LogP contribution in [-0.4, -0.2) is 42.6 Å². The zero-order valence-corrected chi connectivity index (χ0v) is 14.8. The first-order valence-electron chi connectivity index (χ1n) is 8.35. The van der Waals surface area contributed by atoms with Crippen LogP contribution in [0.4, 0.5) is 0 Å². The summed E-state index contributed by atoms with van der Waals surface area (Å²) in [6.45, 7) is 6.50. The lowest BCUT2D eigenvalue weighted by atomic mass is 10.0. The van der Waals surface area contributed by atoms with Gasteiger partial charge in [0.2, 0.25) is 5.91 Å². The van der Waals surface area contributed by atoms with E-state index in [1.54, 1.807) is 0 Å². The molecule has 2 fully saturated rings. The molecule has 1 aromatic carbocycles. The number of hydrogen-bond donors (Lipinski definition) is 1. The fourth-order valence-corrected chi connectivity index (χ4v) is 3.50. The molecule has 1 aromatic rings. The molecule has 3 unspecified atom stereocenters. The van der Waals surface area contributed by atoms with Crippen LogP contribution in [0, 0.1) is 6.92 Å². The standard InChI is InChI=1S/C18H26N2O2.ClH/c1-13-6-3-4-8-16(13)17-11-20(14(2)12-22-17)18(21)10-15-7-5-9-19-15;/h3-4,6,8,14-15,17,19H,5,7,9-12H2,1-2H3;1H. The molecule has 5 heteroatoms. The number of nitrogens with zero attached hydrogens (tertiary/aromatic N) is 1. The number of ether oxygens (including phenoxy) is 1. The molecule has 2 aliphatic heterocycles. The summed E-state index contributed by atoms with van der Waals surface area (Å²) >= 11 is 0. The number of rotatable bonds is 3. The van der Waals surface area contributed by atoms with Gasteiger partial charge >= 0.3 is 0 Å². The van der Waals surface area contributed by atoms with Crippen molar-refractivity contribution in [3.63, 3.8) is 0 Å². The molecule has 0 saturated carbocycles. The zero-order chi connectivity index (χ0) is 15.5. The lowest BCUT2D eigenvalue weighted by Crippen LogP contribution is -2.49. The van der Waals surface area contributed by atoms with Gasteiger partial charge in [0, 0.05) is 12.5 Å². The minimum absolute atomic E-state index is 0. The summed E-state index contributed by atoms with van der Waals surface area (Å²) in [5, 5.41) is 3.41. The van der Waals surface area contributed by atoms with E-state index in [-0.39, 0.29) is 30.5 Å². The van der Waals surface area contributed by atoms with Crippen molar-refractivity contribution in [2.45, 2.75) is 51.3 Å². The number of nitrogens with one attached hydrogen (secondary N) is 1. The molecule has 0 aliphatic carbocycles. The molecule has 128 valence electrons. The van der Waals surface area contributed by atoms with Gasteiger partial charge in [0.25, 0.3) is 0 Å². The first kappa shape index (κ1) is 18.2. The summed E-state index contributed by atoms with van der Waals surface area (Å²) in [6, 6.07) is 8.81. The maximum atomic E-state index is 12.7. The molecular weight excluding hydrogens is 312 g/mol. The highest BCUT2D eigenvalue weighted by atomic mass is 35.5. The van der Waals surface area contributed by atoms with E-state index in [9.17, 15) is 4.79 Å². The Labute approximate surface area is 145 Å². The molecule has 23 heavy (non-hydrogen) atoms. The summed E-state index contributed by atoms with van der Waals surface area (Å²) in [5.41, 5.74) is 2.43. The van der Waals surface area contributed by atoms with E-state index < -0.39 is 0 Å². The first-order chi connectivity index (χ1) is 10.6. The van der Waals surface area contributed by atoms with Crippen LogP contribution in [0.25, 0.3) is 0 Å². The summed E-state index contributed by atoms with van der Waals surface area (Å²) in [6.07, 6.45) is 2.91. The Hall–Kier alpha value is -1.10. The van der Waals surface area contributed by atoms with Crippen molar-refractivity contribution in [3.05, 3.63) is 35.4 Å². The largest absolute Gasteiger partial charge is 0.370 e. The van der Waals surface area contributed by atoms with Gasteiger partial charge < -0.3 is 15.0 Å². The van der Waals surface area contributed by atoms with Crippen molar-refractivity contribution in [2.75, 3.05) is 19.7 Å². The Morgan fingerprint density at radius 3 is 2.87 bits per heavy atom. The van der Waals surface area contributed by atoms with E-state index in [4.69, 9.17) is 4.74 Å². The number of morpholine rings is 1. The van der Waals surface area contributed by atoms with E-state index >= 15 is 0 Å². The van der Waals surface area contributed by atoms with Gasteiger partial charge in [-0.2, -0.15) is 0 Å². The molecule has 3 atom stereocenters. The monoisotopic (exact) mass is 338 g/mol. The van der Waals surface area contributed by atoms with Crippen LogP contribution < -0.4 is 5.32 Å². The molecule has 0 bridgehead atoms. The van der Waals surface area contributed by atoms with E-state index in [1.165, 1.54) is 17.5 Å². The second-order valence-electron chi connectivity index (χ2n) is 6.57. The van der Waals surface area contributed by atoms with E-state index in [0.717, 1.165) is 13.0 Å². The van der Waals surface area contributed by atoms with Crippen molar-refractivity contribution in [3.8, 4) is 0 Å². The molecular formula is C18H27ClN2O2. The van der Waals surface area contributed by atoms with Gasteiger partial charge in [0.15, 0.2) is 0 Å². The predicted molar refractivity (Wildman–Crippen MR) is 93.9 cm³/mol. The second-order valence-corrected chi connectivity index (χ2v) is 6.57. The fourth-order valence-electron chi connectivity index (χ4n) is 3.50. The number of aryl methyl sites for hydroxylation is 1. The minimum Gasteiger partial charge on any atom is -0.370 e. The van der Waals surface area contributed by atoms with Crippen LogP contribution in [0.3, 0.4) is 0 Å². The molecule has 2 saturated heterocycles. The third-order valence-electron chi connectivity index (χ3n) is 4.87. The molecule has 1 N–H and O–H groups in total. The van der Waals surface area contributed by atoms with E-state index in [1.807, 2.05) is 17.0 Å². The Kier molecular flexibility index (Phi) is 6.45. The van der Waals surface area contributed by atoms with Gasteiger partial charge in [-0.3, -0.25) is 4.79 Å². The van der Waals surface area contributed by atoms with Crippen LogP contribution in [0.15, 0.2) is 24.3 Å². The molecule has 1 amide bonds. The summed E-state index contributed by atoms with van der Waals surface area (Å²) in [5.74, 6) is 0.258.